The highest BCUT2D eigenvalue weighted by Crippen LogP contribution is 2.11. The zero-order chi connectivity index (χ0) is 11.1. The number of aromatic nitrogens is 1. The lowest BCUT2D eigenvalue weighted by molar-refractivity contribution is 0.161. The van der Waals surface area contributed by atoms with Crippen LogP contribution >= 0.6 is 0 Å². The Morgan fingerprint density at radius 1 is 1.53 bits per heavy atom. The molecule has 0 aliphatic rings. The van der Waals surface area contributed by atoms with E-state index in [0.717, 1.165) is 11.4 Å². The van der Waals surface area contributed by atoms with Crippen molar-refractivity contribution in [3.63, 3.8) is 0 Å². The number of rotatable bonds is 5. The standard InChI is InChI=1S/C9H14N4O2/c1-11-7-4-8(6-12-5-7)13-2-3-15-9(10)14/h4-6,11,13H,2-3H2,1H3,(H2,10,14). The van der Waals surface area contributed by atoms with Gasteiger partial charge in [-0.2, -0.15) is 0 Å². The minimum atomic E-state index is -0.765. The number of hydrogen-bond donors (Lipinski definition) is 3. The molecule has 0 unspecified atom stereocenters. The zero-order valence-electron chi connectivity index (χ0n) is 8.49. The van der Waals surface area contributed by atoms with Crippen LogP contribution in [0.1, 0.15) is 0 Å². The van der Waals surface area contributed by atoms with Gasteiger partial charge in [0.05, 0.1) is 23.8 Å². The molecule has 4 N–H and O–H groups in total. The number of hydrogen-bond acceptors (Lipinski definition) is 5. The van der Waals surface area contributed by atoms with Crippen LogP contribution in [0.15, 0.2) is 18.5 Å². The first kappa shape index (κ1) is 11.1. The molecule has 6 heteroatoms. The van der Waals surface area contributed by atoms with Crippen molar-refractivity contribution in [2.45, 2.75) is 0 Å². The van der Waals surface area contributed by atoms with Crippen LogP contribution in [0.3, 0.4) is 0 Å². The summed E-state index contributed by atoms with van der Waals surface area (Å²) in [6, 6.07) is 1.90. The molecule has 0 aliphatic carbocycles. The van der Waals surface area contributed by atoms with E-state index in [9.17, 15) is 4.79 Å². The molecular weight excluding hydrogens is 196 g/mol. The van der Waals surface area contributed by atoms with Gasteiger partial charge >= 0.3 is 6.09 Å². The third-order valence-electron chi connectivity index (χ3n) is 1.70. The predicted octanol–water partition coefficient (Wildman–Crippen LogP) is 0.630. The minimum absolute atomic E-state index is 0.235. The smallest absolute Gasteiger partial charge is 0.404 e. The second-order valence-electron chi connectivity index (χ2n) is 2.81. The summed E-state index contributed by atoms with van der Waals surface area (Å²) in [4.78, 5) is 14.3. The molecule has 1 aromatic heterocycles. The van der Waals surface area contributed by atoms with Gasteiger partial charge in [-0.1, -0.05) is 0 Å². The lowest BCUT2D eigenvalue weighted by Crippen LogP contribution is -2.18. The van der Waals surface area contributed by atoms with Crippen molar-refractivity contribution in [3.8, 4) is 0 Å². The van der Waals surface area contributed by atoms with Gasteiger partial charge in [0.1, 0.15) is 6.61 Å². The number of nitrogens with one attached hydrogen (secondary N) is 2. The van der Waals surface area contributed by atoms with E-state index in [4.69, 9.17) is 5.73 Å². The number of primary amides is 1. The van der Waals surface area contributed by atoms with Crippen LogP contribution in [-0.4, -0.2) is 31.3 Å². The average molecular weight is 210 g/mol. The topological polar surface area (TPSA) is 89.3 Å². The number of pyridine rings is 1. The van der Waals surface area contributed by atoms with Crippen LogP contribution < -0.4 is 16.4 Å². The number of amides is 1. The number of anilines is 2. The number of carbonyl (C=O) groups excluding carboxylic acids is 1. The van der Waals surface area contributed by atoms with Gasteiger partial charge in [0.15, 0.2) is 0 Å². The van der Waals surface area contributed by atoms with Crippen LogP contribution in [0.25, 0.3) is 0 Å². The molecule has 0 saturated heterocycles. The maximum atomic E-state index is 10.3. The second-order valence-corrected chi connectivity index (χ2v) is 2.81. The van der Waals surface area contributed by atoms with Crippen LogP contribution in [0, 0.1) is 0 Å². The first-order chi connectivity index (χ1) is 7.22. The van der Waals surface area contributed by atoms with E-state index in [1.165, 1.54) is 0 Å². The fourth-order valence-corrected chi connectivity index (χ4v) is 1.02. The van der Waals surface area contributed by atoms with E-state index in [2.05, 4.69) is 20.4 Å². The highest BCUT2D eigenvalue weighted by atomic mass is 16.5. The summed E-state index contributed by atoms with van der Waals surface area (Å²) in [6.45, 7) is 0.733. The van der Waals surface area contributed by atoms with E-state index in [0.29, 0.717) is 6.54 Å². The van der Waals surface area contributed by atoms with Crippen LogP contribution in [0.5, 0.6) is 0 Å². The van der Waals surface area contributed by atoms with Gasteiger partial charge in [-0.05, 0) is 6.07 Å². The molecule has 1 rings (SSSR count). The lowest BCUT2D eigenvalue weighted by Gasteiger charge is -2.07. The Morgan fingerprint density at radius 3 is 2.93 bits per heavy atom. The molecule has 15 heavy (non-hydrogen) atoms. The molecule has 0 spiro atoms. The molecule has 1 aromatic rings. The molecule has 0 bridgehead atoms. The Labute approximate surface area is 87.8 Å². The van der Waals surface area contributed by atoms with Gasteiger partial charge in [-0.3, -0.25) is 4.98 Å². The van der Waals surface area contributed by atoms with Gasteiger partial charge in [0.2, 0.25) is 0 Å². The molecule has 0 aliphatic heterocycles. The summed E-state index contributed by atoms with van der Waals surface area (Å²) in [5.41, 5.74) is 6.58. The summed E-state index contributed by atoms with van der Waals surface area (Å²) >= 11 is 0. The third kappa shape index (κ3) is 4.17. The third-order valence-corrected chi connectivity index (χ3v) is 1.70. The molecule has 6 nitrogen and oxygen atoms in total. The van der Waals surface area contributed by atoms with Crippen molar-refractivity contribution < 1.29 is 9.53 Å². The first-order valence-electron chi connectivity index (χ1n) is 4.51. The van der Waals surface area contributed by atoms with Crippen LogP contribution in [0.2, 0.25) is 0 Å². The predicted molar refractivity (Wildman–Crippen MR) is 57.8 cm³/mol. The normalized spacial score (nSPS) is 9.40. The second kappa shape index (κ2) is 5.69. The monoisotopic (exact) mass is 210 g/mol. The van der Waals surface area contributed by atoms with Crippen molar-refractivity contribution in [1.82, 2.24) is 4.98 Å². The molecule has 0 radical (unpaired) electrons. The van der Waals surface area contributed by atoms with Gasteiger partial charge in [-0.25, -0.2) is 4.79 Å². The highest BCUT2D eigenvalue weighted by Gasteiger charge is 1.96. The maximum Gasteiger partial charge on any atom is 0.404 e. The van der Waals surface area contributed by atoms with Crippen molar-refractivity contribution >= 4 is 17.5 Å². The Balaban J connectivity index is 2.33. The van der Waals surface area contributed by atoms with Gasteiger partial charge < -0.3 is 21.1 Å². The molecule has 0 saturated carbocycles. The largest absolute Gasteiger partial charge is 0.448 e. The molecule has 1 amide bonds. The minimum Gasteiger partial charge on any atom is -0.448 e. The van der Waals surface area contributed by atoms with Crippen LogP contribution in [-0.2, 0) is 4.74 Å². The summed E-state index contributed by atoms with van der Waals surface area (Å²) < 4.78 is 4.56. The SMILES string of the molecule is CNc1cncc(NCCOC(N)=O)c1. The van der Waals surface area contributed by atoms with Gasteiger partial charge in [-0.15, -0.1) is 0 Å². The quantitative estimate of drug-likeness (QED) is 0.620. The molecule has 0 aromatic carbocycles. The number of nitrogens with zero attached hydrogens (tertiary/aromatic N) is 1. The van der Waals surface area contributed by atoms with Gasteiger partial charge in [0, 0.05) is 13.6 Å². The van der Waals surface area contributed by atoms with Crippen molar-refractivity contribution in [2.75, 3.05) is 30.8 Å². The summed E-state index contributed by atoms with van der Waals surface area (Å²) in [5, 5.41) is 6.01. The first-order valence-corrected chi connectivity index (χ1v) is 4.51. The fraction of sp³-hybridized carbons (Fsp3) is 0.333. The number of ether oxygens (including phenoxy) is 1. The zero-order valence-corrected chi connectivity index (χ0v) is 8.49. The van der Waals surface area contributed by atoms with Crippen molar-refractivity contribution in [3.05, 3.63) is 18.5 Å². The highest BCUT2D eigenvalue weighted by molar-refractivity contribution is 5.64. The van der Waals surface area contributed by atoms with E-state index in [-0.39, 0.29) is 6.61 Å². The van der Waals surface area contributed by atoms with E-state index < -0.39 is 6.09 Å². The number of carbonyl (C=O) groups is 1. The maximum absolute atomic E-state index is 10.3. The average Bonchev–Trinajstić information content (AvgIpc) is 2.24. The summed E-state index contributed by atoms with van der Waals surface area (Å²) in [6.07, 6.45) is 2.63. The number of nitrogens with two attached hydrogens (primary N) is 1. The van der Waals surface area contributed by atoms with E-state index in [1.54, 1.807) is 12.4 Å². The summed E-state index contributed by atoms with van der Waals surface area (Å²) in [5.74, 6) is 0. The Morgan fingerprint density at radius 2 is 2.27 bits per heavy atom. The molecule has 82 valence electrons. The molecule has 1 heterocycles. The molecule has 0 fully saturated rings. The fourth-order valence-electron chi connectivity index (χ4n) is 1.02. The van der Waals surface area contributed by atoms with Crippen LogP contribution in [0.4, 0.5) is 16.2 Å². The van der Waals surface area contributed by atoms with Crippen molar-refractivity contribution in [1.29, 1.82) is 0 Å². The van der Waals surface area contributed by atoms with E-state index in [1.807, 2.05) is 13.1 Å². The molecule has 0 atom stereocenters. The molecular formula is C9H14N4O2. The Hall–Kier alpha value is -1.98. The Kier molecular flexibility index (Phi) is 4.21. The van der Waals surface area contributed by atoms with Crippen molar-refractivity contribution in [2.24, 2.45) is 5.73 Å². The van der Waals surface area contributed by atoms with Gasteiger partial charge in [0.25, 0.3) is 0 Å². The summed E-state index contributed by atoms with van der Waals surface area (Å²) in [7, 11) is 1.82. The van der Waals surface area contributed by atoms with E-state index >= 15 is 0 Å². The Bertz CT molecular complexity index is 330. The lowest BCUT2D eigenvalue weighted by atomic mass is 10.3.